The molecule has 1 aliphatic rings. The predicted molar refractivity (Wildman–Crippen MR) is 76.7 cm³/mol. The van der Waals surface area contributed by atoms with Crippen molar-refractivity contribution in [3.8, 4) is 0 Å². The molecule has 2 heterocycles. The van der Waals surface area contributed by atoms with E-state index in [9.17, 15) is 4.79 Å². The number of imidazole rings is 1. The van der Waals surface area contributed by atoms with E-state index in [4.69, 9.17) is 0 Å². The van der Waals surface area contributed by atoms with Crippen LogP contribution < -0.4 is 10.9 Å². The number of nitrogens with zero attached hydrogens (tertiary/aromatic N) is 4. The molecule has 2 aromatic rings. The van der Waals surface area contributed by atoms with Gasteiger partial charge in [0.15, 0.2) is 5.82 Å². The lowest BCUT2D eigenvalue weighted by Gasteiger charge is -2.08. The van der Waals surface area contributed by atoms with Crippen molar-refractivity contribution in [2.75, 3.05) is 11.9 Å². The molecular weight excluding hydrogens is 254 g/mol. The monoisotopic (exact) mass is 273 g/mol. The van der Waals surface area contributed by atoms with Crippen molar-refractivity contribution in [3.63, 3.8) is 0 Å². The third-order valence-corrected chi connectivity index (χ3v) is 3.50. The number of hydrogen-bond donors (Lipinski definition) is 1. The lowest BCUT2D eigenvalue weighted by molar-refractivity contribution is 0.619. The molecule has 0 amide bonds. The molecule has 1 N–H and O–H groups in total. The first kappa shape index (κ1) is 12.9. The topological polar surface area (TPSA) is 64.7 Å². The fourth-order valence-electron chi connectivity index (χ4n) is 2.23. The van der Waals surface area contributed by atoms with Crippen molar-refractivity contribution in [1.29, 1.82) is 0 Å². The summed E-state index contributed by atoms with van der Waals surface area (Å²) in [6, 6.07) is 0.396. The van der Waals surface area contributed by atoms with Crippen molar-refractivity contribution in [2.45, 2.75) is 38.3 Å². The molecular formula is C14H19N5O. The zero-order chi connectivity index (χ0) is 13.8. The van der Waals surface area contributed by atoms with Gasteiger partial charge in [0.25, 0.3) is 5.56 Å². The van der Waals surface area contributed by atoms with Gasteiger partial charge >= 0.3 is 0 Å². The van der Waals surface area contributed by atoms with Gasteiger partial charge in [0.1, 0.15) is 0 Å². The van der Waals surface area contributed by atoms with Crippen LogP contribution in [0, 0.1) is 0 Å². The van der Waals surface area contributed by atoms with Crippen molar-refractivity contribution >= 4 is 5.82 Å². The van der Waals surface area contributed by atoms with Gasteiger partial charge in [0.05, 0.1) is 6.33 Å². The Kier molecular flexibility index (Phi) is 3.80. The molecule has 2 aromatic heterocycles. The third-order valence-electron chi connectivity index (χ3n) is 3.50. The number of anilines is 1. The van der Waals surface area contributed by atoms with Crippen molar-refractivity contribution in [1.82, 2.24) is 19.1 Å². The van der Waals surface area contributed by atoms with Crippen LogP contribution in [0.4, 0.5) is 5.82 Å². The smallest absolute Gasteiger partial charge is 0.293 e. The first-order valence-corrected chi connectivity index (χ1v) is 7.11. The molecule has 1 fully saturated rings. The number of aryl methyl sites for hydroxylation is 1. The van der Waals surface area contributed by atoms with E-state index in [0.29, 0.717) is 11.9 Å². The van der Waals surface area contributed by atoms with Gasteiger partial charge in [-0.2, -0.15) is 0 Å². The Balaban J connectivity index is 1.46. The van der Waals surface area contributed by atoms with Gasteiger partial charge in [-0.15, -0.1) is 0 Å². The lowest BCUT2D eigenvalue weighted by Crippen LogP contribution is -2.24. The Morgan fingerprint density at radius 3 is 2.90 bits per heavy atom. The Labute approximate surface area is 117 Å². The average Bonchev–Trinajstić information content (AvgIpc) is 3.17. The van der Waals surface area contributed by atoms with Gasteiger partial charge in [-0.1, -0.05) is 0 Å². The normalized spacial score (nSPS) is 14.4. The zero-order valence-corrected chi connectivity index (χ0v) is 11.4. The van der Waals surface area contributed by atoms with Gasteiger partial charge in [0.2, 0.25) is 0 Å². The summed E-state index contributed by atoms with van der Waals surface area (Å²) >= 11 is 0. The molecule has 0 unspecified atom stereocenters. The van der Waals surface area contributed by atoms with E-state index in [1.807, 2.05) is 12.5 Å². The number of hydrogen-bond acceptors (Lipinski definition) is 4. The molecule has 0 saturated heterocycles. The summed E-state index contributed by atoms with van der Waals surface area (Å²) in [5.74, 6) is 0.474. The first-order chi connectivity index (χ1) is 9.84. The fraction of sp³-hybridized carbons (Fsp3) is 0.500. The molecule has 1 saturated carbocycles. The third kappa shape index (κ3) is 3.07. The number of aromatic nitrogens is 4. The Morgan fingerprint density at radius 2 is 2.15 bits per heavy atom. The molecule has 20 heavy (non-hydrogen) atoms. The molecule has 3 rings (SSSR count). The quantitative estimate of drug-likeness (QED) is 0.779. The second-order valence-electron chi connectivity index (χ2n) is 5.15. The van der Waals surface area contributed by atoms with Crippen LogP contribution in [0.15, 0.2) is 35.9 Å². The highest BCUT2D eigenvalue weighted by atomic mass is 16.1. The van der Waals surface area contributed by atoms with Gasteiger partial charge in [0, 0.05) is 43.9 Å². The van der Waals surface area contributed by atoms with Crippen LogP contribution in [-0.2, 0) is 6.54 Å². The van der Waals surface area contributed by atoms with E-state index in [0.717, 1.165) is 38.8 Å². The average molecular weight is 273 g/mol. The minimum atomic E-state index is 0.00427. The van der Waals surface area contributed by atoms with Gasteiger partial charge < -0.3 is 14.5 Å². The molecule has 0 aromatic carbocycles. The Bertz CT molecular complexity index is 600. The van der Waals surface area contributed by atoms with Crippen LogP contribution in [-0.4, -0.2) is 25.6 Å². The van der Waals surface area contributed by atoms with Crippen molar-refractivity contribution < 1.29 is 0 Å². The number of rotatable bonds is 7. The van der Waals surface area contributed by atoms with Crippen LogP contribution in [0.3, 0.4) is 0 Å². The van der Waals surface area contributed by atoms with Crippen LogP contribution in [0.5, 0.6) is 0 Å². The number of nitrogens with one attached hydrogen (secondary N) is 1. The SMILES string of the molecule is O=c1c(NCCCCn2ccnc2)nccn1C1CC1. The summed E-state index contributed by atoms with van der Waals surface area (Å²) in [5.41, 5.74) is 0.00427. The van der Waals surface area contributed by atoms with Gasteiger partial charge in [-0.05, 0) is 25.7 Å². The maximum atomic E-state index is 12.1. The molecule has 6 nitrogen and oxygen atoms in total. The van der Waals surface area contributed by atoms with Crippen LogP contribution in [0.1, 0.15) is 31.7 Å². The Hall–Kier alpha value is -2.11. The minimum Gasteiger partial charge on any atom is -0.365 e. The largest absolute Gasteiger partial charge is 0.365 e. The molecule has 0 spiro atoms. The van der Waals surface area contributed by atoms with E-state index in [-0.39, 0.29) is 5.56 Å². The summed E-state index contributed by atoms with van der Waals surface area (Å²) in [7, 11) is 0. The molecule has 0 radical (unpaired) electrons. The highest BCUT2D eigenvalue weighted by molar-refractivity contribution is 5.30. The second kappa shape index (κ2) is 5.90. The Morgan fingerprint density at radius 1 is 1.25 bits per heavy atom. The minimum absolute atomic E-state index is 0.00427. The van der Waals surface area contributed by atoms with E-state index >= 15 is 0 Å². The predicted octanol–water partition coefficient (Wildman–Crippen LogP) is 1.67. The summed E-state index contributed by atoms with van der Waals surface area (Å²) in [6.07, 6.45) is 13.3. The molecule has 0 atom stereocenters. The molecule has 0 bridgehead atoms. The highest BCUT2D eigenvalue weighted by Gasteiger charge is 2.25. The summed E-state index contributed by atoms with van der Waals surface area (Å²) in [5, 5.41) is 3.15. The molecule has 106 valence electrons. The zero-order valence-electron chi connectivity index (χ0n) is 11.4. The lowest BCUT2D eigenvalue weighted by atomic mass is 10.3. The van der Waals surface area contributed by atoms with E-state index < -0.39 is 0 Å². The molecule has 0 aliphatic heterocycles. The number of unbranched alkanes of at least 4 members (excludes halogenated alkanes) is 1. The van der Waals surface area contributed by atoms with Crippen LogP contribution >= 0.6 is 0 Å². The molecule has 1 aliphatic carbocycles. The fourth-order valence-corrected chi connectivity index (χ4v) is 2.23. The second-order valence-corrected chi connectivity index (χ2v) is 5.15. The van der Waals surface area contributed by atoms with Crippen LogP contribution in [0.2, 0.25) is 0 Å². The summed E-state index contributed by atoms with van der Waals surface area (Å²) < 4.78 is 3.85. The first-order valence-electron chi connectivity index (χ1n) is 7.11. The highest BCUT2D eigenvalue weighted by Crippen LogP contribution is 2.33. The van der Waals surface area contributed by atoms with Crippen LogP contribution in [0.25, 0.3) is 0 Å². The van der Waals surface area contributed by atoms with Gasteiger partial charge in [-0.25, -0.2) is 9.97 Å². The molecule has 6 heteroatoms. The van der Waals surface area contributed by atoms with Crippen molar-refractivity contribution in [2.24, 2.45) is 0 Å². The van der Waals surface area contributed by atoms with Crippen molar-refractivity contribution in [3.05, 3.63) is 41.5 Å². The van der Waals surface area contributed by atoms with E-state index in [1.165, 1.54) is 0 Å². The standard InChI is InChI=1S/C14H19N5O/c20-14-13(17-7-10-19(14)12-3-4-12)16-5-1-2-8-18-9-6-15-11-18/h6-7,9-12H,1-5,8H2,(H,16,17). The van der Waals surface area contributed by atoms with Gasteiger partial charge in [-0.3, -0.25) is 4.79 Å². The summed E-state index contributed by atoms with van der Waals surface area (Å²) in [4.78, 5) is 20.3. The maximum Gasteiger partial charge on any atom is 0.293 e. The van der Waals surface area contributed by atoms with E-state index in [1.54, 1.807) is 23.2 Å². The maximum absolute atomic E-state index is 12.1. The van der Waals surface area contributed by atoms with E-state index in [2.05, 4.69) is 19.9 Å². The summed E-state index contributed by atoms with van der Waals surface area (Å²) in [6.45, 7) is 1.72.